The highest BCUT2D eigenvalue weighted by Crippen LogP contribution is 2.46. The van der Waals surface area contributed by atoms with Crippen LogP contribution in [-0.4, -0.2) is 40.8 Å². The molecule has 1 N–H and O–H groups in total. The number of halogens is 1. The molecular formula is C18H22FN3O5S. The molecule has 0 radical (unpaired) electrons. The lowest BCUT2D eigenvalue weighted by atomic mass is 9.76. The number of nitrogens with one attached hydrogen (secondary N) is 1. The highest BCUT2D eigenvalue weighted by atomic mass is 32.2. The van der Waals surface area contributed by atoms with Gasteiger partial charge >= 0.3 is 6.09 Å². The molecule has 1 amide bonds. The SMILES string of the molecule is CC(C)(C)OC(=O)NC1=N[C@@]2(c3cc([N+](=O)[O-])ccc3F)COCC[C@H]2CS1. The quantitative estimate of drug-likeness (QED) is 0.589. The monoisotopic (exact) mass is 411 g/mol. The molecule has 0 bridgehead atoms. The van der Waals surface area contributed by atoms with Crippen LogP contribution in [0.15, 0.2) is 23.2 Å². The minimum atomic E-state index is -1.13. The largest absolute Gasteiger partial charge is 0.444 e. The number of amides is 1. The molecule has 1 aromatic carbocycles. The molecule has 1 saturated heterocycles. The van der Waals surface area contributed by atoms with Crippen molar-refractivity contribution in [2.24, 2.45) is 10.9 Å². The summed E-state index contributed by atoms with van der Waals surface area (Å²) in [7, 11) is 0. The van der Waals surface area contributed by atoms with Gasteiger partial charge in [0.05, 0.1) is 11.5 Å². The van der Waals surface area contributed by atoms with Crippen LogP contribution in [0.4, 0.5) is 14.9 Å². The molecule has 1 fully saturated rings. The molecule has 8 nitrogen and oxygen atoms in total. The molecule has 0 aromatic heterocycles. The van der Waals surface area contributed by atoms with Gasteiger partial charge in [-0.3, -0.25) is 15.4 Å². The number of carbonyl (C=O) groups excluding carboxylic acids is 1. The summed E-state index contributed by atoms with van der Waals surface area (Å²) < 4.78 is 25.6. The predicted octanol–water partition coefficient (Wildman–Crippen LogP) is 3.59. The number of carbonyl (C=O) groups is 1. The number of alkyl carbamates (subject to hydrolysis) is 1. The van der Waals surface area contributed by atoms with E-state index in [0.29, 0.717) is 18.8 Å². The Morgan fingerprint density at radius 2 is 2.25 bits per heavy atom. The molecule has 152 valence electrons. The summed E-state index contributed by atoms with van der Waals surface area (Å²) in [6.45, 7) is 5.82. The number of fused-ring (bicyclic) bond motifs is 1. The minimum absolute atomic E-state index is 0.0769. The molecule has 2 aliphatic rings. The van der Waals surface area contributed by atoms with E-state index in [4.69, 9.17) is 9.47 Å². The second-order valence-electron chi connectivity index (χ2n) is 7.74. The number of benzene rings is 1. The zero-order chi connectivity index (χ0) is 20.5. The summed E-state index contributed by atoms with van der Waals surface area (Å²) in [5, 5.41) is 14.1. The van der Waals surface area contributed by atoms with Crippen molar-refractivity contribution in [1.29, 1.82) is 0 Å². The number of amidine groups is 1. The standard InChI is InChI=1S/C18H22FN3O5S/c1-17(2,3)27-16(23)20-15-21-18(10-26-7-6-11(18)9-28-15)13-8-12(22(24)25)4-5-14(13)19/h4-5,8,11H,6-7,9-10H2,1-3H3,(H,20,21,23)/t11-,18-/m0/s1. The molecule has 10 heteroatoms. The second-order valence-corrected chi connectivity index (χ2v) is 8.75. The van der Waals surface area contributed by atoms with Gasteiger partial charge in [0.25, 0.3) is 5.69 Å². The lowest BCUT2D eigenvalue weighted by molar-refractivity contribution is -0.385. The third kappa shape index (κ3) is 4.27. The van der Waals surface area contributed by atoms with Crippen LogP contribution in [0.1, 0.15) is 32.8 Å². The van der Waals surface area contributed by atoms with Crippen molar-refractivity contribution in [3.05, 3.63) is 39.7 Å². The highest BCUT2D eigenvalue weighted by Gasteiger charge is 2.48. The molecule has 28 heavy (non-hydrogen) atoms. The van der Waals surface area contributed by atoms with E-state index in [9.17, 15) is 19.3 Å². The van der Waals surface area contributed by atoms with E-state index >= 15 is 0 Å². The van der Waals surface area contributed by atoms with Gasteiger partial charge in [-0.25, -0.2) is 14.2 Å². The molecule has 2 aliphatic heterocycles. The summed E-state index contributed by atoms with van der Waals surface area (Å²) in [5.74, 6) is -0.0968. The second kappa shape index (κ2) is 7.67. The van der Waals surface area contributed by atoms with Crippen molar-refractivity contribution in [1.82, 2.24) is 5.32 Å². The zero-order valence-electron chi connectivity index (χ0n) is 15.9. The molecule has 3 rings (SSSR count). The maximum Gasteiger partial charge on any atom is 0.413 e. The van der Waals surface area contributed by atoms with Gasteiger partial charge in [-0.1, -0.05) is 11.8 Å². The van der Waals surface area contributed by atoms with Gasteiger partial charge in [-0.05, 0) is 33.3 Å². The molecule has 0 spiro atoms. The molecule has 0 aliphatic carbocycles. The van der Waals surface area contributed by atoms with Gasteiger partial charge < -0.3 is 9.47 Å². The van der Waals surface area contributed by atoms with Crippen LogP contribution in [0.3, 0.4) is 0 Å². The molecule has 2 heterocycles. The number of nitro benzene ring substituents is 1. The topological polar surface area (TPSA) is 103 Å². The van der Waals surface area contributed by atoms with E-state index in [-0.39, 0.29) is 28.9 Å². The Labute approximate surface area is 166 Å². The summed E-state index contributed by atoms with van der Waals surface area (Å²) in [4.78, 5) is 27.3. The Hall–Kier alpha value is -2.20. The zero-order valence-corrected chi connectivity index (χ0v) is 16.7. The maximum atomic E-state index is 14.7. The fraction of sp³-hybridized carbons (Fsp3) is 0.556. The van der Waals surface area contributed by atoms with Crippen LogP contribution in [-0.2, 0) is 15.0 Å². The van der Waals surface area contributed by atoms with E-state index in [1.807, 2.05) is 0 Å². The van der Waals surface area contributed by atoms with E-state index in [1.54, 1.807) is 20.8 Å². The van der Waals surface area contributed by atoms with Crippen molar-refractivity contribution in [2.45, 2.75) is 38.3 Å². The average Bonchev–Trinajstić information content (AvgIpc) is 2.59. The minimum Gasteiger partial charge on any atom is -0.444 e. The summed E-state index contributed by atoms with van der Waals surface area (Å²) in [6, 6.07) is 3.41. The van der Waals surface area contributed by atoms with Crippen LogP contribution in [0.25, 0.3) is 0 Å². The number of ether oxygens (including phenoxy) is 2. The van der Waals surface area contributed by atoms with Crippen LogP contribution in [0.5, 0.6) is 0 Å². The summed E-state index contributed by atoms with van der Waals surface area (Å²) >= 11 is 1.34. The lowest BCUT2D eigenvalue weighted by Crippen LogP contribution is -2.49. The van der Waals surface area contributed by atoms with Gasteiger partial charge in [0.1, 0.15) is 17.0 Å². The molecule has 1 aromatic rings. The number of aliphatic imine (C=N–C) groups is 1. The summed E-state index contributed by atoms with van der Waals surface area (Å²) in [6.07, 6.45) is -0.0261. The Balaban J connectivity index is 2.00. The van der Waals surface area contributed by atoms with Crippen LogP contribution >= 0.6 is 11.8 Å². The fourth-order valence-corrected chi connectivity index (χ4v) is 4.50. The van der Waals surface area contributed by atoms with Crippen molar-refractivity contribution < 1.29 is 23.6 Å². The number of non-ortho nitro benzene ring substituents is 1. The molecule has 0 saturated carbocycles. The summed E-state index contributed by atoms with van der Waals surface area (Å²) in [5.41, 5.74) is -1.92. The lowest BCUT2D eigenvalue weighted by Gasteiger charge is -2.44. The van der Waals surface area contributed by atoms with Gasteiger partial charge in [0.2, 0.25) is 0 Å². The number of rotatable bonds is 2. The maximum absolute atomic E-state index is 14.7. The average molecular weight is 411 g/mol. The van der Waals surface area contributed by atoms with Crippen LogP contribution in [0.2, 0.25) is 0 Å². The molecular weight excluding hydrogens is 389 g/mol. The van der Waals surface area contributed by atoms with Crippen molar-refractivity contribution >= 4 is 28.7 Å². The normalized spacial score (nSPS) is 24.7. The van der Waals surface area contributed by atoms with Crippen molar-refractivity contribution in [3.63, 3.8) is 0 Å². The molecule has 2 atom stereocenters. The predicted molar refractivity (Wildman–Crippen MR) is 103 cm³/mol. The smallest absolute Gasteiger partial charge is 0.413 e. The first-order chi connectivity index (χ1) is 13.1. The number of hydrogen-bond donors (Lipinski definition) is 1. The third-order valence-electron chi connectivity index (χ3n) is 4.57. The number of hydrogen-bond acceptors (Lipinski definition) is 7. The third-order valence-corrected chi connectivity index (χ3v) is 5.60. The first-order valence-electron chi connectivity index (χ1n) is 8.85. The van der Waals surface area contributed by atoms with E-state index < -0.39 is 28.0 Å². The Bertz CT molecular complexity index is 826. The van der Waals surface area contributed by atoms with Gasteiger partial charge in [0, 0.05) is 36.0 Å². The van der Waals surface area contributed by atoms with Gasteiger partial charge in [-0.2, -0.15) is 0 Å². The van der Waals surface area contributed by atoms with Crippen LogP contribution < -0.4 is 5.32 Å². The van der Waals surface area contributed by atoms with Crippen LogP contribution in [0, 0.1) is 21.8 Å². The Morgan fingerprint density at radius 3 is 2.93 bits per heavy atom. The van der Waals surface area contributed by atoms with Gasteiger partial charge in [-0.15, -0.1) is 0 Å². The van der Waals surface area contributed by atoms with E-state index in [1.165, 1.54) is 17.8 Å². The Kier molecular flexibility index (Phi) is 5.62. The van der Waals surface area contributed by atoms with Crippen molar-refractivity contribution in [2.75, 3.05) is 19.0 Å². The highest BCUT2D eigenvalue weighted by molar-refractivity contribution is 8.13. The number of nitro groups is 1. The Morgan fingerprint density at radius 1 is 1.50 bits per heavy atom. The van der Waals surface area contributed by atoms with Crippen molar-refractivity contribution in [3.8, 4) is 0 Å². The molecule has 0 unspecified atom stereocenters. The van der Waals surface area contributed by atoms with Gasteiger partial charge in [0.15, 0.2) is 5.17 Å². The number of nitrogens with zero attached hydrogens (tertiary/aromatic N) is 2. The fourth-order valence-electron chi connectivity index (χ4n) is 3.32. The van der Waals surface area contributed by atoms with E-state index in [2.05, 4.69) is 10.3 Å². The van der Waals surface area contributed by atoms with E-state index in [0.717, 1.165) is 12.1 Å². The first kappa shape index (κ1) is 20.5. The number of thioether (sulfide) groups is 1. The first-order valence-corrected chi connectivity index (χ1v) is 9.84.